The number of rotatable bonds is 5. The molecule has 6 rings (SSSR count). The van der Waals surface area contributed by atoms with Gasteiger partial charge in [-0.1, -0.05) is 19.1 Å². The molecule has 3 N–H and O–H groups in total. The molecule has 0 aromatic carbocycles. The van der Waals surface area contributed by atoms with Crippen molar-refractivity contribution >= 4 is 5.78 Å². The number of nitrogens with zero attached hydrogens (tertiary/aromatic N) is 1. The third-order valence-electron chi connectivity index (χ3n) is 10.5. The number of fused-ring (bicyclic) bond motifs is 2. The Balaban J connectivity index is 1.69. The molecular weight excluding hydrogens is 414 g/mol. The lowest BCUT2D eigenvalue weighted by molar-refractivity contribution is -0.289. The average Bonchev–Trinajstić information content (AvgIpc) is 3.14. The van der Waals surface area contributed by atoms with Crippen molar-refractivity contribution in [2.24, 2.45) is 34.5 Å². The van der Waals surface area contributed by atoms with Crippen molar-refractivity contribution in [3.63, 3.8) is 0 Å². The SMILES string of the molecule is CCN1C[C@]2(COC)C=C[C@H](O)[C@@]34[C@@H]5C[C@H]6C(=O)[C@@H]5[C@](O)(C[C@@H]6OC)[C@@](O)([C@@H](OC)[C@H]23)[C@@H]14. The third kappa shape index (κ3) is 1.90. The van der Waals surface area contributed by atoms with Gasteiger partial charge in [-0.25, -0.2) is 0 Å². The largest absolute Gasteiger partial charge is 0.388 e. The van der Waals surface area contributed by atoms with Crippen LogP contribution in [0.2, 0.25) is 0 Å². The van der Waals surface area contributed by atoms with Gasteiger partial charge >= 0.3 is 0 Å². The molecule has 8 nitrogen and oxygen atoms in total. The lowest BCUT2D eigenvalue weighted by atomic mass is 9.44. The Morgan fingerprint density at radius 2 is 1.97 bits per heavy atom. The number of methoxy groups -OCH3 is 3. The number of ether oxygens (including phenoxy) is 3. The number of aliphatic hydroxyl groups excluding tert-OH is 1. The van der Waals surface area contributed by atoms with Gasteiger partial charge in [0, 0.05) is 57.0 Å². The Morgan fingerprint density at radius 1 is 1.22 bits per heavy atom. The standard InChI is InChI=1S/C24H35NO7/c1-5-25-10-21(11-30-2)7-6-15(26)23-13-8-12-14(31-3)9-22(28,16(13)17(12)27)24(29,20(23)25)19(32-4)18(21)23/h6-7,12-16,18-20,26,28-29H,5,8-11H2,1-4H3/t12-,13-,14+,15+,16-,18-,19+,20+,21+,22-,23+,24-/m1/s1. The van der Waals surface area contributed by atoms with Crippen LogP contribution in [0.4, 0.5) is 0 Å². The molecule has 0 unspecified atom stereocenters. The van der Waals surface area contributed by atoms with Gasteiger partial charge in [0.25, 0.3) is 0 Å². The molecule has 7 bridgehead atoms. The van der Waals surface area contributed by atoms with Crippen molar-refractivity contribution in [2.45, 2.75) is 55.3 Å². The van der Waals surface area contributed by atoms with Gasteiger partial charge < -0.3 is 29.5 Å². The number of ketones is 1. The van der Waals surface area contributed by atoms with Crippen molar-refractivity contribution in [3.05, 3.63) is 12.2 Å². The molecule has 12 atom stereocenters. The number of likely N-dealkylation sites (N-methyl/N-ethyl adjacent to an activating group) is 1. The second-order valence-corrected chi connectivity index (χ2v) is 11.1. The first kappa shape index (κ1) is 21.6. The highest BCUT2D eigenvalue weighted by atomic mass is 16.5. The minimum Gasteiger partial charge on any atom is -0.388 e. The van der Waals surface area contributed by atoms with Crippen molar-refractivity contribution < 1.29 is 34.3 Å². The van der Waals surface area contributed by atoms with Gasteiger partial charge in [0.2, 0.25) is 0 Å². The summed E-state index contributed by atoms with van der Waals surface area (Å²) in [5.41, 5.74) is -4.73. The van der Waals surface area contributed by atoms with E-state index in [1.807, 2.05) is 19.1 Å². The van der Waals surface area contributed by atoms with E-state index < -0.39 is 52.3 Å². The van der Waals surface area contributed by atoms with E-state index in [4.69, 9.17) is 14.2 Å². The first-order valence-corrected chi connectivity index (χ1v) is 11.9. The molecule has 32 heavy (non-hydrogen) atoms. The molecule has 8 heteroatoms. The van der Waals surface area contributed by atoms with E-state index in [1.54, 1.807) is 21.3 Å². The Hall–Kier alpha value is -0.870. The number of Topliss-reactive ketones (excluding diaryl/α,β-unsaturated/α-hetero) is 1. The Bertz CT molecular complexity index is 880. The first-order chi connectivity index (χ1) is 15.2. The normalized spacial score (nSPS) is 59.7. The monoisotopic (exact) mass is 449 g/mol. The van der Waals surface area contributed by atoms with Crippen LogP contribution in [0.15, 0.2) is 12.2 Å². The molecule has 6 aliphatic rings. The number of carbonyl (C=O) groups excluding carboxylic acids is 1. The zero-order chi connectivity index (χ0) is 22.8. The third-order valence-corrected chi connectivity index (χ3v) is 10.5. The highest BCUT2D eigenvalue weighted by Crippen LogP contribution is 2.78. The zero-order valence-corrected chi connectivity index (χ0v) is 19.2. The number of aliphatic hydroxyl groups is 3. The lowest BCUT2D eigenvalue weighted by Crippen LogP contribution is -2.81. The summed E-state index contributed by atoms with van der Waals surface area (Å²) in [5, 5.41) is 36.8. The fourth-order valence-corrected chi connectivity index (χ4v) is 9.92. The van der Waals surface area contributed by atoms with Crippen LogP contribution in [-0.4, -0.2) is 103 Å². The summed E-state index contributed by atoms with van der Waals surface area (Å²) in [5.74, 6) is -1.65. The maximum atomic E-state index is 13.6. The summed E-state index contributed by atoms with van der Waals surface area (Å²) in [6, 6.07) is -0.534. The fourth-order valence-electron chi connectivity index (χ4n) is 9.92. The summed E-state index contributed by atoms with van der Waals surface area (Å²) in [7, 11) is 4.80. The van der Waals surface area contributed by atoms with Crippen LogP contribution >= 0.6 is 0 Å². The van der Waals surface area contributed by atoms with Crippen molar-refractivity contribution in [3.8, 4) is 0 Å². The van der Waals surface area contributed by atoms with Crippen LogP contribution in [-0.2, 0) is 19.0 Å². The zero-order valence-electron chi connectivity index (χ0n) is 19.2. The maximum absolute atomic E-state index is 13.6. The first-order valence-electron chi connectivity index (χ1n) is 11.9. The summed E-state index contributed by atoms with van der Waals surface area (Å²) < 4.78 is 17.5. The van der Waals surface area contributed by atoms with Crippen molar-refractivity contribution in [2.75, 3.05) is 41.0 Å². The van der Waals surface area contributed by atoms with Gasteiger partial charge in [-0.05, 0) is 18.9 Å². The van der Waals surface area contributed by atoms with Gasteiger partial charge in [-0.2, -0.15) is 0 Å². The number of piperidine rings is 1. The van der Waals surface area contributed by atoms with Crippen LogP contribution in [0.3, 0.4) is 0 Å². The smallest absolute Gasteiger partial charge is 0.144 e. The van der Waals surface area contributed by atoms with Gasteiger partial charge in [0.1, 0.15) is 17.0 Å². The molecule has 0 radical (unpaired) electrons. The Labute approximate surface area is 188 Å². The number of hydrogen-bond donors (Lipinski definition) is 3. The Kier molecular flexibility index (Phi) is 4.34. The van der Waals surface area contributed by atoms with Gasteiger partial charge in [-0.15, -0.1) is 0 Å². The minimum atomic E-state index is -1.73. The summed E-state index contributed by atoms with van der Waals surface area (Å²) in [6.45, 7) is 3.73. The summed E-state index contributed by atoms with van der Waals surface area (Å²) in [4.78, 5) is 15.8. The van der Waals surface area contributed by atoms with Gasteiger partial charge in [-0.3, -0.25) is 9.69 Å². The molecular formula is C24H35NO7. The number of hydrogen-bond acceptors (Lipinski definition) is 8. The average molecular weight is 450 g/mol. The molecule has 1 heterocycles. The topological polar surface area (TPSA) is 109 Å². The summed E-state index contributed by atoms with van der Waals surface area (Å²) >= 11 is 0. The molecule has 1 saturated heterocycles. The number of likely N-dealkylation sites (tertiary alicyclic amines) is 1. The molecule has 1 spiro atoms. The quantitative estimate of drug-likeness (QED) is 0.487. The van der Waals surface area contributed by atoms with E-state index >= 15 is 0 Å². The van der Waals surface area contributed by atoms with E-state index in [-0.39, 0.29) is 30.0 Å². The molecule has 0 aromatic rings. The second kappa shape index (κ2) is 6.42. The predicted octanol–water partition coefficient (Wildman–Crippen LogP) is -0.399. The van der Waals surface area contributed by atoms with Crippen LogP contribution < -0.4 is 0 Å². The molecule has 4 saturated carbocycles. The lowest BCUT2D eigenvalue weighted by Gasteiger charge is -2.67. The molecule has 178 valence electrons. The van der Waals surface area contributed by atoms with Crippen molar-refractivity contribution in [1.82, 2.24) is 4.90 Å². The summed E-state index contributed by atoms with van der Waals surface area (Å²) in [6.07, 6.45) is 2.56. The van der Waals surface area contributed by atoms with Gasteiger partial charge in [0.15, 0.2) is 0 Å². The minimum absolute atomic E-state index is 0.0370. The highest BCUT2D eigenvalue weighted by molar-refractivity contribution is 5.90. The fraction of sp³-hybridized carbons (Fsp3) is 0.875. The highest BCUT2D eigenvalue weighted by Gasteiger charge is 2.91. The van der Waals surface area contributed by atoms with Crippen LogP contribution in [0, 0.1) is 34.5 Å². The molecule has 0 aromatic heterocycles. The molecule has 5 fully saturated rings. The van der Waals surface area contributed by atoms with E-state index in [0.29, 0.717) is 26.1 Å². The van der Waals surface area contributed by atoms with E-state index in [1.165, 1.54) is 0 Å². The van der Waals surface area contributed by atoms with Crippen molar-refractivity contribution in [1.29, 1.82) is 0 Å². The molecule has 1 aliphatic heterocycles. The van der Waals surface area contributed by atoms with Gasteiger partial charge in [0.05, 0.1) is 36.9 Å². The second-order valence-electron chi connectivity index (χ2n) is 11.1. The van der Waals surface area contributed by atoms with E-state index in [9.17, 15) is 20.1 Å². The maximum Gasteiger partial charge on any atom is 0.144 e. The number of carbonyl (C=O) groups is 1. The van der Waals surface area contributed by atoms with Crippen LogP contribution in [0.25, 0.3) is 0 Å². The molecule has 5 aliphatic carbocycles. The Morgan fingerprint density at radius 3 is 2.59 bits per heavy atom. The molecule has 0 amide bonds. The van der Waals surface area contributed by atoms with E-state index in [2.05, 4.69) is 4.90 Å². The predicted molar refractivity (Wildman–Crippen MR) is 113 cm³/mol. The van der Waals surface area contributed by atoms with E-state index in [0.717, 1.165) is 0 Å². The van der Waals surface area contributed by atoms with Crippen LogP contribution in [0.5, 0.6) is 0 Å². The van der Waals surface area contributed by atoms with Crippen LogP contribution in [0.1, 0.15) is 19.8 Å².